The van der Waals surface area contributed by atoms with Crippen molar-refractivity contribution in [3.8, 4) is 5.69 Å². The standard InChI is InChI=1S/C23H16F3N5O/c1-30-13-18-17-12-15(28-22(32)19-4-2-3-11-27-19)7-10-20(17)31(21(18)29-30)16-8-5-14(6-9-16)23(24,25)26/h2-13H,1H3,(H,28,32). The number of pyridine rings is 1. The minimum atomic E-state index is -4.40. The van der Waals surface area contributed by atoms with Gasteiger partial charge in [-0.3, -0.25) is 19.0 Å². The van der Waals surface area contributed by atoms with E-state index in [1.54, 1.807) is 46.8 Å². The molecule has 5 aromatic rings. The van der Waals surface area contributed by atoms with Crippen LogP contribution in [-0.4, -0.2) is 25.2 Å². The number of carbonyl (C=O) groups excluding carboxylic acids is 1. The number of benzene rings is 2. The second kappa shape index (κ2) is 7.23. The Labute approximate surface area is 179 Å². The first-order valence-electron chi connectivity index (χ1n) is 9.69. The highest BCUT2D eigenvalue weighted by atomic mass is 19.4. The van der Waals surface area contributed by atoms with Gasteiger partial charge in [0.25, 0.3) is 5.91 Å². The average Bonchev–Trinajstić information content (AvgIpc) is 3.28. The van der Waals surface area contributed by atoms with Crippen LogP contribution in [0.4, 0.5) is 18.9 Å². The van der Waals surface area contributed by atoms with Gasteiger partial charge in [0.15, 0.2) is 5.65 Å². The number of carbonyl (C=O) groups is 1. The van der Waals surface area contributed by atoms with Crippen LogP contribution in [0.1, 0.15) is 16.1 Å². The van der Waals surface area contributed by atoms with E-state index in [9.17, 15) is 18.0 Å². The summed E-state index contributed by atoms with van der Waals surface area (Å²) in [6.45, 7) is 0. The summed E-state index contributed by atoms with van der Waals surface area (Å²) in [6, 6.07) is 15.4. The van der Waals surface area contributed by atoms with Gasteiger partial charge < -0.3 is 5.32 Å². The molecule has 1 N–H and O–H groups in total. The van der Waals surface area contributed by atoms with Gasteiger partial charge in [-0.1, -0.05) is 6.07 Å². The number of aryl methyl sites for hydroxylation is 1. The Morgan fingerprint density at radius 3 is 2.47 bits per heavy atom. The third-order valence-electron chi connectivity index (χ3n) is 5.16. The lowest BCUT2D eigenvalue weighted by molar-refractivity contribution is -0.137. The number of amides is 1. The molecule has 0 saturated carbocycles. The molecule has 0 atom stereocenters. The first kappa shape index (κ1) is 19.8. The number of hydrogen-bond donors (Lipinski definition) is 1. The van der Waals surface area contributed by atoms with E-state index < -0.39 is 11.7 Å². The van der Waals surface area contributed by atoms with Crippen LogP contribution < -0.4 is 5.32 Å². The Bertz CT molecular complexity index is 1450. The molecule has 0 spiro atoms. The summed E-state index contributed by atoms with van der Waals surface area (Å²) < 4.78 is 42.4. The highest BCUT2D eigenvalue weighted by Gasteiger charge is 2.30. The molecule has 5 rings (SSSR count). The van der Waals surface area contributed by atoms with E-state index >= 15 is 0 Å². The predicted octanol–water partition coefficient (Wildman–Crippen LogP) is 5.18. The Morgan fingerprint density at radius 2 is 1.78 bits per heavy atom. The van der Waals surface area contributed by atoms with E-state index in [4.69, 9.17) is 0 Å². The SMILES string of the molecule is Cn1cc2c3cc(NC(=O)c4ccccn4)ccc3n(-c3ccc(C(F)(F)F)cc3)c2n1. The summed E-state index contributed by atoms with van der Waals surface area (Å²) in [6.07, 6.45) is -1.03. The molecule has 32 heavy (non-hydrogen) atoms. The van der Waals surface area contributed by atoms with Gasteiger partial charge in [0.2, 0.25) is 0 Å². The zero-order chi connectivity index (χ0) is 22.5. The van der Waals surface area contributed by atoms with Crippen LogP contribution in [0.25, 0.3) is 27.6 Å². The quantitative estimate of drug-likeness (QED) is 0.425. The van der Waals surface area contributed by atoms with Gasteiger partial charge in [-0.25, -0.2) is 0 Å². The summed E-state index contributed by atoms with van der Waals surface area (Å²) in [5.41, 5.74) is 2.08. The van der Waals surface area contributed by atoms with Crippen molar-refractivity contribution in [3.63, 3.8) is 0 Å². The third kappa shape index (κ3) is 3.37. The Hall–Kier alpha value is -4.14. The first-order valence-corrected chi connectivity index (χ1v) is 9.69. The molecule has 0 saturated heterocycles. The van der Waals surface area contributed by atoms with Gasteiger partial charge in [0.05, 0.1) is 11.1 Å². The fraction of sp³-hybridized carbons (Fsp3) is 0.0870. The molecular weight excluding hydrogens is 419 g/mol. The molecule has 0 fully saturated rings. The minimum absolute atomic E-state index is 0.293. The Balaban J connectivity index is 1.60. The average molecular weight is 435 g/mol. The third-order valence-corrected chi connectivity index (χ3v) is 5.16. The lowest BCUT2D eigenvalue weighted by Gasteiger charge is -2.10. The number of fused-ring (bicyclic) bond motifs is 3. The van der Waals surface area contributed by atoms with E-state index in [1.807, 2.05) is 18.3 Å². The second-order valence-corrected chi connectivity index (χ2v) is 7.32. The number of anilines is 1. The molecule has 1 amide bonds. The topological polar surface area (TPSA) is 64.7 Å². The lowest BCUT2D eigenvalue weighted by Crippen LogP contribution is -2.13. The van der Waals surface area contributed by atoms with Crippen LogP contribution in [0, 0.1) is 0 Å². The van der Waals surface area contributed by atoms with Gasteiger partial charge >= 0.3 is 6.18 Å². The molecule has 0 aliphatic rings. The van der Waals surface area contributed by atoms with Crippen molar-refractivity contribution in [1.82, 2.24) is 19.3 Å². The number of aromatic nitrogens is 4. The largest absolute Gasteiger partial charge is 0.416 e. The molecule has 0 aliphatic heterocycles. The van der Waals surface area contributed by atoms with Crippen molar-refractivity contribution < 1.29 is 18.0 Å². The number of halogens is 3. The maximum absolute atomic E-state index is 13.0. The predicted molar refractivity (Wildman–Crippen MR) is 115 cm³/mol. The minimum Gasteiger partial charge on any atom is -0.321 e. The second-order valence-electron chi connectivity index (χ2n) is 7.32. The van der Waals surface area contributed by atoms with Crippen LogP contribution in [-0.2, 0) is 13.2 Å². The van der Waals surface area contributed by atoms with Crippen molar-refractivity contribution in [2.24, 2.45) is 7.05 Å². The van der Waals surface area contributed by atoms with Gasteiger partial charge in [-0.2, -0.15) is 18.3 Å². The van der Waals surface area contributed by atoms with Gasteiger partial charge in [0, 0.05) is 41.6 Å². The van der Waals surface area contributed by atoms with Crippen LogP contribution >= 0.6 is 0 Å². The van der Waals surface area contributed by atoms with Crippen molar-refractivity contribution in [3.05, 3.63) is 84.3 Å². The van der Waals surface area contributed by atoms with Crippen LogP contribution in [0.15, 0.2) is 73.1 Å². The van der Waals surface area contributed by atoms with Crippen LogP contribution in [0.5, 0.6) is 0 Å². The van der Waals surface area contributed by atoms with E-state index in [2.05, 4.69) is 15.4 Å². The maximum atomic E-state index is 13.0. The van der Waals surface area contributed by atoms with Crippen molar-refractivity contribution in [2.45, 2.75) is 6.18 Å². The number of alkyl halides is 3. The highest BCUT2D eigenvalue weighted by molar-refractivity contribution is 6.10. The highest BCUT2D eigenvalue weighted by Crippen LogP contribution is 2.34. The number of nitrogens with zero attached hydrogens (tertiary/aromatic N) is 4. The van der Waals surface area contributed by atoms with Gasteiger partial charge in [-0.15, -0.1) is 0 Å². The molecular formula is C23H16F3N5O. The molecule has 3 heterocycles. The first-order chi connectivity index (χ1) is 15.3. The van der Waals surface area contributed by atoms with Crippen LogP contribution in [0.3, 0.4) is 0 Å². The summed E-state index contributed by atoms with van der Waals surface area (Å²) in [5.74, 6) is -0.338. The monoisotopic (exact) mass is 435 g/mol. The van der Waals surface area contributed by atoms with E-state index in [-0.39, 0.29) is 5.91 Å². The summed E-state index contributed by atoms with van der Waals surface area (Å²) in [4.78, 5) is 16.5. The maximum Gasteiger partial charge on any atom is 0.416 e. The molecule has 0 bridgehead atoms. The van der Waals surface area contributed by atoms with E-state index in [0.29, 0.717) is 22.7 Å². The van der Waals surface area contributed by atoms with Gasteiger partial charge in [0.1, 0.15) is 5.69 Å². The van der Waals surface area contributed by atoms with Crippen molar-refractivity contribution >= 4 is 33.5 Å². The zero-order valence-corrected chi connectivity index (χ0v) is 16.8. The molecule has 9 heteroatoms. The zero-order valence-electron chi connectivity index (χ0n) is 16.8. The smallest absolute Gasteiger partial charge is 0.321 e. The molecule has 6 nitrogen and oxygen atoms in total. The molecule has 3 aromatic heterocycles. The summed E-state index contributed by atoms with van der Waals surface area (Å²) >= 11 is 0. The van der Waals surface area contributed by atoms with Crippen molar-refractivity contribution in [1.29, 1.82) is 0 Å². The number of hydrogen-bond acceptors (Lipinski definition) is 3. The fourth-order valence-corrected chi connectivity index (χ4v) is 3.72. The van der Waals surface area contributed by atoms with Crippen LogP contribution in [0.2, 0.25) is 0 Å². The summed E-state index contributed by atoms with van der Waals surface area (Å²) in [7, 11) is 1.77. The molecule has 0 unspecified atom stereocenters. The summed E-state index contributed by atoms with van der Waals surface area (Å²) in [5, 5.41) is 8.96. The molecule has 0 radical (unpaired) electrons. The fourth-order valence-electron chi connectivity index (χ4n) is 3.72. The van der Waals surface area contributed by atoms with E-state index in [0.717, 1.165) is 28.4 Å². The number of rotatable bonds is 3. The molecule has 0 aliphatic carbocycles. The molecule has 2 aromatic carbocycles. The lowest BCUT2D eigenvalue weighted by atomic mass is 10.2. The molecule has 160 valence electrons. The Kier molecular flexibility index (Phi) is 4.47. The van der Waals surface area contributed by atoms with Gasteiger partial charge in [-0.05, 0) is 54.6 Å². The normalized spacial score (nSPS) is 11.9. The number of nitrogens with one attached hydrogen (secondary N) is 1. The van der Waals surface area contributed by atoms with E-state index in [1.165, 1.54) is 12.1 Å². The van der Waals surface area contributed by atoms with Crippen molar-refractivity contribution in [2.75, 3.05) is 5.32 Å². The Morgan fingerprint density at radius 1 is 1.00 bits per heavy atom.